The topological polar surface area (TPSA) is 77.0 Å². The van der Waals surface area contributed by atoms with Gasteiger partial charge in [0.05, 0.1) is 6.04 Å². The number of aromatic nitrogens is 4. The first-order valence-electron chi connectivity index (χ1n) is 9.45. The summed E-state index contributed by atoms with van der Waals surface area (Å²) in [6.07, 6.45) is 10.4. The van der Waals surface area contributed by atoms with E-state index in [1.807, 2.05) is 28.8 Å². The average Bonchev–Trinajstić information content (AvgIpc) is 3.41. The highest BCUT2D eigenvalue weighted by atomic mass is 16.5. The van der Waals surface area contributed by atoms with E-state index >= 15 is 0 Å². The molecule has 1 saturated heterocycles. The summed E-state index contributed by atoms with van der Waals surface area (Å²) in [4.78, 5) is 19.4. The number of aryl methyl sites for hydroxylation is 1. The molecule has 134 valence electrons. The van der Waals surface area contributed by atoms with Crippen LogP contribution in [0.5, 0.6) is 0 Å². The van der Waals surface area contributed by atoms with Crippen LogP contribution in [0, 0.1) is 0 Å². The number of hydrogen-bond acceptors (Lipinski definition) is 5. The zero-order valence-corrected chi connectivity index (χ0v) is 14.7. The molecule has 1 amide bonds. The first kappa shape index (κ1) is 16.3. The molecule has 1 aliphatic heterocycles. The normalized spacial score (nSPS) is 21.8. The molecule has 25 heavy (non-hydrogen) atoms. The van der Waals surface area contributed by atoms with Crippen LogP contribution in [0.25, 0.3) is 0 Å². The molecule has 0 radical (unpaired) electrons. The van der Waals surface area contributed by atoms with E-state index in [0.717, 1.165) is 38.5 Å². The van der Waals surface area contributed by atoms with Gasteiger partial charge in [0.2, 0.25) is 5.89 Å². The zero-order chi connectivity index (χ0) is 17.2. The summed E-state index contributed by atoms with van der Waals surface area (Å²) in [5, 5.41) is 8.56. The van der Waals surface area contributed by atoms with Gasteiger partial charge in [-0.15, -0.1) is 0 Å². The fourth-order valence-corrected chi connectivity index (χ4v) is 3.95. The Morgan fingerprint density at radius 2 is 2.04 bits per heavy atom. The molecule has 0 N–H and O–H groups in total. The number of piperidine rings is 1. The molecule has 0 bridgehead atoms. The molecule has 2 fully saturated rings. The lowest BCUT2D eigenvalue weighted by Gasteiger charge is -2.32. The van der Waals surface area contributed by atoms with Gasteiger partial charge >= 0.3 is 0 Å². The Morgan fingerprint density at radius 1 is 1.24 bits per heavy atom. The van der Waals surface area contributed by atoms with E-state index in [0.29, 0.717) is 30.0 Å². The highest BCUT2D eigenvalue weighted by Gasteiger charge is 2.33. The van der Waals surface area contributed by atoms with Crippen molar-refractivity contribution in [1.82, 2.24) is 24.8 Å². The van der Waals surface area contributed by atoms with Gasteiger partial charge in [0.1, 0.15) is 11.7 Å². The van der Waals surface area contributed by atoms with Crippen molar-refractivity contribution in [3.05, 3.63) is 29.7 Å². The molecule has 2 aromatic rings. The summed E-state index contributed by atoms with van der Waals surface area (Å²) in [6, 6.07) is 2.16. The molecule has 4 rings (SSSR count). The Bertz CT molecular complexity index is 731. The molecule has 7 nitrogen and oxygen atoms in total. The van der Waals surface area contributed by atoms with Crippen LogP contribution in [0.15, 0.2) is 16.8 Å². The summed E-state index contributed by atoms with van der Waals surface area (Å²) in [5.74, 6) is 1.22. The number of rotatable bonds is 4. The van der Waals surface area contributed by atoms with Crippen LogP contribution < -0.4 is 0 Å². The molecule has 1 atom stereocenters. The van der Waals surface area contributed by atoms with Gasteiger partial charge in [0.25, 0.3) is 5.91 Å². The van der Waals surface area contributed by atoms with Gasteiger partial charge in [-0.05, 0) is 38.2 Å². The third kappa shape index (κ3) is 3.19. The summed E-state index contributed by atoms with van der Waals surface area (Å²) in [7, 11) is 0. The maximum Gasteiger partial charge on any atom is 0.275 e. The van der Waals surface area contributed by atoms with Crippen LogP contribution in [0.2, 0.25) is 0 Å². The highest BCUT2D eigenvalue weighted by molar-refractivity contribution is 5.92. The van der Waals surface area contributed by atoms with E-state index in [2.05, 4.69) is 15.2 Å². The third-order valence-electron chi connectivity index (χ3n) is 5.38. The quantitative estimate of drug-likeness (QED) is 0.851. The van der Waals surface area contributed by atoms with E-state index in [1.54, 1.807) is 0 Å². The van der Waals surface area contributed by atoms with Crippen molar-refractivity contribution >= 4 is 5.91 Å². The van der Waals surface area contributed by atoms with Crippen LogP contribution in [0.4, 0.5) is 0 Å². The van der Waals surface area contributed by atoms with Crippen molar-refractivity contribution in [3.63, 3.8) is 0 Å². The smallest absolute Gasteiger partial charge is 0.275 e. The second-order valence-corrected chi connectivity index (χ2v) is 7.03. The monoisotopic (exact) mass is 343 g/mol. The SMILES string of the molecule is CCc1noc(C2CCCCN2C(=O)c2ccn(C3CCCC3)n2)n1. The number of nitrogens with zero attached hydrogens (tertiary/aromatic N) is 5. The summed E-state index contributed by atoms with van der Waals surface area (Å²) < 4.78 is 7.39. The van der Waals surface area contributed by atoms with Crippen molar-refractivity contribution in [2.75, 3.05) is 6.54 Å². The Labute approximate surface area is 147 Å². The number of amides is 1. The van der Waals surface area contributed by atoms with E-state index in [1.165, 1.54) is 12.8 Å². The summed E-state index contributed by atoms with van der Waals surface area (Å²) >= 11 is 0. The number of hydrogen-bond donors (Lipinski definition) is 0. The largest absolute Gasteiger partial charge is 0.337 e. The maximum atomic E-state index is 13.0. The molecule has 2 aliphatic rings. The minimum absolute atomic E-state index is 0.0299. The van der Waals surface area contributed by atoms with Gasteiger partial charge in [0.15, 0.2) is 5.82 Å². The van der Waals surface area contributed by atoms with Gasteiger partial charge in [-0.25, -0.2) is 0 Å². The highest BCUT2D eigenvalue weighted by Crippen LogP contribution is 2.32. The van der Waals surface area contributed by atoms with Crippen LogP contribution >= 0.6 is 0 Å². The van der Waals surface area contributed by atoms with Gasteiger partial charge in [-0.1, -0.05) is 24.9 Å². The Kier molecular flexibility index (Phi) is 4.55. The lowest BCUT2D eigenvalue weighted by atomic mass is 10.0. The second-order valence-electron chi connectivity index (χ2n) is 7.03. The minimum Gasteiger partial charge on any atom is -0.337 e. The summed E-state index contributed by atoms with van der Waals surface area (Å²) in [5.41, 5.74) is 0.522. The second kappa shape index (κ2) is 6.98. The lowest BCUT2D eigenvalue weighted by Crippen LogP contribution is -2.39. The predicted molar refractivity (Wildman–Crippen MR) is 91.0 cm³/mol. The Balaban J connectivity index is 1.54. The molecule has 2 aromatic heterocycles. The molecule has 1 saturated carbocycles. The third-order valence-corrected chi connectivity index (χ3v) is 5.38. The molecule has 1 aliphatic carbocycles. The molecule has 3 heterocycles. The number of carbonyl (C=O) groups is 1. The van der Waals surface area contributed by atoms with Crippen LogP contribution in [0.1, 0.15) is 86.2 Å². The molecular weight excluding hydrogens is 318 g/mol. The first-order valence-corrected chi connectivity index (χ1v) is 9.45. The maximum absolute atomic E-state index is 13.0. The van der Waals surface area contributed by atoms with Gasteiger partial charge in [0, 0.05) is 19.2 Å². The fourth-order valence-electron chi connectivity index (χ4n) is 3.95. The first-order chi connectivity index (χ1) is 12.3. The van der Waals surface area contributed by atoms with Gasteiger partial charge < -0.3 is 9.42 Å². The molecule has 7 heteroatoms. The Hall–Kier alpha value is -2.18. The van der Waals surface area contributed by atoms with E-state index in [4.69, 9.17) is 4.52 Å². The molecule has 0 spiro atoms. The van der Waals surface area contributed by atoms with Gasteiger partial charge in [-0.3, -0.25) is 9.48 Å². The van der Waals surface area contributed by atoms with E-state index in [9.17, 15) is 4.79 Å². The van der Waals surface area contributed by atoms with Crippen LogP contribution in [0.3, 0.4) is 0 Å². The number of likely N-dealkylation sites (tertiary alicyclic amines) is 1. The van der Waals surface area contributed by atoms with Crippen LogP contribution in [-0.2, 0) is 6.42 Å². The fraction of sp³-hybridized carbons (Fsp3) is 0.667. The predicted octanol–water partition coefficient (Wildman–Crippen LogP) is 3.31. The summed E-state index contributed by atoms with van der Waals surface area (Å²) in [6.45, 7) is 2.71. The van der Waals surface area contributed by atoms with Crippen molar-refractivity contribution < 1.29 is 9.32 Å². The minimum atomic E-state index is -0.134. The van der Waals surface area contributed by atoms with Crippen molar-refractivity contribution in [1.29, 1.82) is 0 Å². The van der Waals surface area contributed by atoms with Crippen molar-refractivity contribution in [2.45, 2.75) is 70.4 Å². The standard InChI is InChI=1S/C18H25N5O2/c1-2-16-19-17(25-21-16)15-9-5-6-11-22(15)18(24)14-10-12-23(20-14)13-7-3-4-8-13/h10,12-13,15H,2-9,11H2,1H3. The zero-order valence-electron chi connectivity index (χ0n) is 14.7. The van der Waals surface area contributed by atoms with E-state index < -0.39 is 0 Å². The molecule has 1 unspecified atom stereocenters. The average molecular weight is 343 g/mol. The van der Waals surface area contributed by atoms with Crippen molar-refractivity contribution in [2.24, 2.45) is 0 Å². The van der Waals surface area contributed by atoms with Crippen molar-refractivity contribution in [3.8, 4) is 0 Å². The number of carbonyl (C=O) groups excluding carboxylic acids is 1. The lowest BCUT2D eigenvalue weighted by molar-refractivity contribution is 0.0554. The van der Waals surface area contributed by atoms with E-state index in [-0.39, 0.29) is 11.9 Å². The van der Waals surface area contributed by atoms with Gasteiger partial charge in [-0.2, -0.15) is 10.1 Å². The molecular formula is C18H25N5O2. The molecule has 0 aromatic carbocycles. The Morgan fingerprint density at radius 3 is 2.80 bits per heavy atom. The van der Waals surface area contributed by atoms with Crippen LogP contribution in [-0.4, -0.2) is 37.3 Å².